The Bertz CT molecular complexity index is 450. The van der Waals surface area contributed by atoms with Gasteiger partial charge in [0.25, 0.3) is 0 Å². The molecule has 1 N–H and O–H groups in total. The lowest BCUT2D eigenvalue weighted by Crippen LogP contribution is -2.53. The van der Waals surface area contributed by atoms with Gasteiger partial charge >= 0.3 is 0 Å². The molecular formula is C19H34IN3O2. The van der Waals surface area contributed by atoms with Crippen molar-refractivity contribution in [2.45, 2.75) is 64.1 Å². The van der Waals surface area contributed by atoms with Gasteiger partial charge in [-0.15, -0.1) is 24.0 Å². The minimum Gasteiger partial charge on any atom is -0.375 e. The van der Waals surface area contributed by atoms with Crippen LogP contribution in [0.4, 0.5) is 0 Å². The van der Waals surface area contributed by atoms with Crippen LogP contribution in [0.15, 0.2) is 16.6 Å². The number of rotatable bonds is 5. The van der Waals surface area contributed by atoms with E-state index < -0.39 is 0 Å². The van der Waals surface area contributed by atoms with Crippen LogP contribution in [0, 0.1) is 0 Å². The predicted octanol–water partition coefficient (Wildman–Crippen LogP) is 3.34. The van der Waals surface area contributed by atoms with Gasteiger partial charge in [0.1, 0.15) is 6.10 Å². The fraction of sp³-hybridized carbons (Fsp3) is 0.842. The van der Waals surface area contributed by atoms with Gasteiger partial charge in [-0.05, 0) is 51.9 Å². The minimum atomic E-state index is 0. The van der Waals surface area contributed by atoms with Gasteiger partial charge in [0.05, 0.1) is 12.7 Å². The molecule has 0 aromatic rings. The van der Waals surface area contributed by atoms with Gasteiger partial charge in [-0.2, -0.15) is 0 Å². The van der Waals surface area contributed by atoms with E-state index >= 15 is 0 Å². The maximum Gasteiger partial charge on any atom is 0.194 e. The summed E-state index contributed by atoms with van der Waals surface area (Å²) in [4.78, 5) is 7.24. The quantitative estimate of drug-likeness (QED) is 0.294. The fourth-order valence-corrected chi connectivity index (χ4v) is 3.85. The zero-order chi connectivity index (χ0) is 16.6. The zero-order valence-corrected chi connectivity index (χ0v) is 17.9. The van der Waals surface area contributed by atoms with Crippen LogP contribution in [-0.4, -0.2) is 62.5 Å². The van der Waals surface area contributed by atoms with E-state index in [9.17, 15) is 0 Å². The summed E-state index contributed by atoms with van der Waals surface area (Å²) in [6.07, 6.45) is 11.5. The van der Waals surface area contributed by atoms with Gasteiger partial charge < -0.3 is 19.7 Å². The van der Waals surface area contributed by atoms with Crippen molar-refractivity contribution in [3.05, 3.63) is 11.6 Å². The molecule has 2 aliphatic heterocycles. The maximum atomic E-state index is 5.96. The normalized spacial score (nSPS) is 27.6. The summed E-state index contributed by atoms with van der Waals surface area (Å²) < 4.78 is 11.8. The number of hydrogen-bond acceptors (Lipinski definition) is 3. The number of ether oxygens (including phenoxy) is 2. The highest BCUT2D eigenvalue weighted by atomic mass is 127. The number of aliphatic imine (C=N–C) groups is 1. The van der Waals surface area contributed by atoms with E-state index in [1.54, 1.807) is 5.57 Å². The van der Waals surface area contributed by atoms with Gasteiger partial charge in [-0.1, -0.05) is 11.6 Å². The van der Waals surface area contributed by atoms with Gasteiger partial charge in [0, 0.05) is 32.8 Å². The summed E-state index contributed by atoms with van der Waals surface area (Å²) in [6, 6.07) is 0. The second kappa shape index (κ2) is 11.4. The first-order valence-electron chi connectivity index (χ1n) is 9.81. The van der Waals surface area contributed by atoms with E-state index in [-0.39, 0.29) is 36.2 Å². The molecule has 0 spiro atoms. The Morgan fingerprint density at radius 3 is 2.84 bits per heavy atom. The van der Waals surface area contributed by atoms with Gasteiger partial charge in [-0.25, -0.2) is 0 Å². The van der Waals surface area contributed by atoms with Crippen LogP contribution in [0.25, 0.3) is 0 Å². The Labute approximate surface area is 169 Å². The molecule has 5 nitrogen and oxygen atoms in total. The number of morpholine rings is 1. The van der Waals surface area contributed by atoms with Crippen molar-refractivity contribution in [3.63, 3.8) is 0 Å². The van der Waals surface area contributed by atoms with Crippen molar-refractivity contribution in [2.24, 2.45) is 4.99 Å². The van der Waals surface area contributed by atoms with Crippen molar-refractivity contribution < 1.29 is 9.47 Å². The average Bonchev–Trinajstić information content (AvgIpc) is 3.17. The molecule has 0 aromatic carbocycles. The topological polar surface area (TPSA) is 46.1 Å². The first-order chi connectivity index (χ1) is 11.9. The van der Waals surface area contributed by atoms with Crippen LogP contribution in [-0.2, 0) is 9.47 Å². The average molecular weight is 463 g/mol. The molecule has 0 saturated carbocycles. The Hall–Kier alpha value is -0.340. The van der Waals surface area contributed by atoms with E-state index in [1.807, 2.05) is 0 Å². The van der Waals surface area contributed by atoms with Crippen LogP contribution >= 0.6 is 24.0 Å². The molecule has 0 aromatic heterocycles. The molecule has 0 radical (unpaired) electrons. The minimum absolute atomic E-state index is 0. The summed E-state index contributed by atoms with van der Waals surface area (Å²) in [7, 11) is 0. The predicted molar refractivity (Wildman–Crippen MR) is 113 cm³/mol. The summed E-state index contributed by atoms with van der Waals surface area (Å²) in [5.41, 5.74) is 1.60. The highest BCUT2D eigenvalue weighted by molar-refractivity contribution is 14.0. The number of hydrogen-bond donors (Lipinski definition) is 1. The second-order valence-corrected chi connectivity index (χ2v) is 7.00. The lowest BCUT2D eigenvalue weighted by atomic mass is 9.97. The van der Waals surface area contributed by atoms with Crippen LogP contribution in [0.1, 0.15) is 51.9 Å². The molecule has 144 valence electrons. The summed E-state index contributed by atoms with van der Waals surface area (Å²) in [5.74, 6) is 1.04. The molecule has 0 amide bonds. The number of halogens is 1. The van der Waals surface area contributed by atoms with E-state index in [1.165, 1.54) is 25.7 Å². The van der Waals surface area contributed by atoms with E-state index in [4.69, 9.17) is 14.5 Å². The number of allylic oxidation sites excluding steroid dienone is 1. The van der Waals surface area contributed by atoms with Crippen molar-refractivity contribution in [2.75, 3.05) is 39.4 Å². The third kappa shape index (κ3) is 6.40. The highest BCUT2D eigenvalue weighted by Gasteiger charge is 2.32. The Morgan fingerprint density at radius 1 is 1.24 bits per heavy atom. The van der Waals surface area contributed by atoms with Crippen molar-refractivity contribution in [3.8, 4) is 0 Å². The Kier molecular flexibility index (Phi) is 9.55. The number of guanidine groups is 1. The molecule has 2 saturated heterocycles. The molecule has 3 aliphatic rings. The molecule has 0 bridgehead atoms. The Balaban J connectivity index is 0.00000225. The SMILES string of the molecule is CCNC(=NCCC1=CCCCC1)N1CCOC(C2CCCO2)C1.I. The third-order valence-electron chi connectivity index (χ3n) is 5.19. The van der Waals surface area contributed by atoms with Crippen molar-refractivity contribution in [1.82, 2.24) is 10.2 Å². The van der Waals surface area contributed by atoms with E-state index in [0.717, 1.165) is 64.6 Å². The van der Waals surface area contributed by atoms with E-state index in [0.29, 0.717) is 0 Å². The highest BCUT2D eigenvalue weighted by Crippen LogP contribution is 2.22. The number of nitrogens with one attached hydrogen (secondary N) is 1. The van der Waals surface area contributed by atoms with Crippen molar-refractivity contribution in [1.29, 1.82) is 0 Å². The molecule has 3 rings (SSSR count). The molecule has 2 atom stereocenters. The standard InChI is InChI=1S/C19H33N3O2.HI/c1-2-20-19(21-11-10-16-7-4-3-5-8-16)22-12-14-24-18(15-22)17-9-6-13-23-17;/h7,17-18H,2-6,8-15H2,1H3,(H,20,21);1H. The largest absolute Gasteiger partial charge is 0.375 e. The molecule has 25 heavy (non-hydrogen) atoms. The van der Waals surface area contributed by atoms with Crippen molar-refractivity contribution >= 4 is 29.9 Å². The molecule has 2 unspecified atom stereocenters. The molecule has 6 heteroatoms. The van der Waals surface area contributed by atoms with Crippen LogP contribution < -0.4 is 5.32 Å². The molecular weight excluding hydrogens is 429 g/mol. The Morgan fingerprint density at radius 2 is 2.12 bits per heavy atom. The molecule has 2 fully saturated rings. The molecule has 1 aliphatic carbocycles. The fourth-order valence-electron chi connectivity index (χ4n) is 3.85. The number of nitrogens with zero attached hydrogens (tertiary/aromatic N) is 2. The zero-order valence-electron chi connectivity index (χ0n) is 15.5. The summed E-state index contributed by atoms with van der Waals surface area (Å²) in [5, 5.41) is 3.46. The van der Waals surface area contributed by atoms with Gasteiger partial charge in [0.2, 0.25) is 0 Å². The first kappa shape index (κ1) is 21.0. The van der Waals surface area contributed by atoms with Crippen LogP contribution in [0.5, 0.6) is 0 Å². The maximum absolute atomic E-state index is 5.96. The van der Waals surface area contributed by atoms with Gasteiger partial charge in [-0.3, -0.25) is 4.99 Å². The smallest absolute Gasteiger partial charge is 0.194 e. The van der Waals surface area contributed by atoms with Gasteiger partial charge in [0.15, 0.2) is 5.96 Å². The summed E-state index contributed by atoms with van der Waals surface area (Å²) >= 11 is 0. The first-order valence-corrected chi connectivity index (χ1v) is 9.81. The lowest BCUT2D eigenvalue weighted by molar-refractivity contribution is -0.0817. The lowest BCUT2D eigenvalue weighted by Gasteiger charge is -2.37. The van der Waals surface area contributed by atoms with Crippen LogP contribution in [0.2, 0.25) is 0 Å². The van der Waals surface area contributed by atoms with E-state index in [2.05, 4.69) is 23.2 Å². The molecule has 2 heterocycles. The summed E-state index contributed by atoms with van der Waals surface area (Å²) in [6.45, 7) is 7.38. The monoisotopic (exact) mass is 463 g/mol. The third-order valence-corrected chi connectivity index (χ3v) is 5.19. The van der Waals surface area contributed by atoms with Crippen LogP contribution in [0.3, 0.4) is 0 Å². The second-order valence-electron chi connectivity index (χ2n) is 7.00.